The number of aromatic nitrogens is 1. The summed E-state index contributed by atoms with van der Waals surface area (Å²) >= 11 is 0. The van der Waals surface area contributed by atoms with Gasteiger partial charge in [-0.3, -0.25) is 4.99 Å². The molecule has 0 atom stereocenters. The molecule has 3 rings (SSSR count). The molecular formula is C21H20N2O3. The lowest BCUT2D eigenvalue weighted by atomic mass is 10.1. The second-order valence-electron chi connectivity index (χ2n) is 5.66. The van der Waals surface area contributed by atoms with Gasteiger partial charge in [-0.2, -0.15) is 0 Å². The number of methoxy groups -OCH3 is 2. The summed E-state index contributed by atoms with van der Waals surface area (Å²) in [7, 11) is 3.29. The van der Waals surface area contributed by atoms with Crippen LogP contribution in [0.3, 0.4) is 0 Å². The molecule has 5 nitrogen and oxygen atoms in total. The van der Waals surface area contributed by atoms with Crippen LogP contribution in [-0.2, 0) is 0 Å². The van der Waals surface area contributed by atoms with E-state index in [-0.39, 0.29) is 0 Å². The van der Waals surface area contributed by atoms with Crippen molar-refractivity contribution in [3.8, 4) is 11.5 Å². The van der Waals surface area contributed by atoms with Crippen LogP contribution in [0.5, 0.6) is 11.5 Å². The number of hydrogen-bond acceptors (Lipinski definition) is 5. The molecule has 132 valence electrons. The third-order valence-electron chi connectivity index (χ3n) is 3.78. The lowest BCUT2D eigenvalue weighted by molar-refractivity contribution is 0.408. The van der Waals surface area contributed by atoms with Gasteiger partial charge in [0.15, 0.2) is 5.76 Å². The molecule has 0 aliphatic heterocycles. The molecule has 0 radical (unpaired) electrons. The largest absolute Gasteiger partial charge is 0.497 e. The van der Waals surface area contributed by atoms with Crippen molar-refractivity contribution in [2.24, 2.45) is 4.99 Å². The summed E-state index contributed by atoms with van der Waals surface area (Å²) in [5.74, 6) is 2.26. The molecule has 0 fully saturated rings. The molecule has 2 aromatic carbocycles. The Morgan fingerprint density at radius 1 is 0.962 bits per heavy atom. The topological polar surface area (TPSA) is 56.9 Å². The number of aryl methyl sites for hydroxylation is 1. The van der Waals surface area contributed by atoms with Gasteiger partial charge in [0.2, 0.25) is 0 Å². The Labute approximate surface area is 152 Å². The second kappa shape index (κ2) is 8.16. The van der Waals surface area contributed by atoms with Crippen LogP contribution in [0.1, 0.15) is 22.6 Å². The molecule has 0 N–H and O–H groups in total. The van der Waals surface area contributed by atoms with E-state index in [4.69, 9.17) is 14.0 Å². The van der Waals surface area contributed by atoms with Crippen LogP contribution in [0.4, 0.5) is 0 Å². The lowest BCUT2D eigenvalue weighted by Crippen LogP contribution is -1.88. The highest BCUT2D eigenvalue weighted by atomic mass is 16.5. The lowest BCUT2D eigenvalue weighted by Gasteiger charge is -2.04. The Morgan fingerprint density at radius 3 is 2.12 bits per heavy atom. The summed E-state index contributed by atoms with van der Waals surface area (Å²) in [6, 6.07) is 17.3. The van der Waals surface area contributed by atoms with Crippen molar-refractivity contribution in [2.45, 2.75) is 6.92 Å². The third-order valence-corrected chi connectivity index (χ3v) is 3.78. The zero-order valence-corrected chi connectivity index (χ0v) is 15.0. The van der Waals surface area contributed by atoms with Crippen molar-refractivity contribution < 1.29 is 14.0 Å². The number of aliphatic imine (C=N–C) groups is 1. The molecule has 0 saturated carbocycles. The number of rotatable bonds is 6. The smallest absolute Gasteiger partial charge is 0.162 e. The molecule has 1 aromatic heterocycles. The molecule has 0 saturated heterocycles. The minimum atomic E-state index is 0.653. The van der Waals surface area contributed by atoms with Gasteiger partial charge in [-0.05, 0) is 61.0 Å². The first-order chi connectivity index (χ1) is 12.7. The zero-order chi connectivity index (χ0) is 18.4. The van der Waals surface area contributed by atoms with Crippen molar-refractivity contribution in [2.75, 3.05) is 14.2 Å². The first kappa shape index (κ1) is 17.5. The Hall–Kier alpha value is -3.34. The molecular weight excluding hydrogens is 328 g/mol. The summed E-state index contributed by atoms with van der Waals surface area (Å²) in [5, 5.41) is 3.92. The SMILES string of the molecule is COc1ccc(C=N/C(=C\c2cc(C)no2)c2ccc(OC)cc2)cc1. The van der Waals surface area contributed by atoms with Crippen LogP contribution in [-0.4, -0.2) is 25.6 Å². The van der Waals surface area contributed by atoms with Gasteiger partial charge in [0.25, 0.3) is 0 Å². The molecule has 0 unspecified atom stereocenters. The van der Waals surface area contributed by atoms with E-state index in [9.17, 15) is 0 Å². The van der Waals surface area contributed by atoms with E-state index in [1.807, 2.05) is 67.6 Å². The van der Waals surface area contributed by atoms with Crippen LogP contribution in [0, 0.1) is 6.92 Å². The number of benzene rings is 2. The van der Waals surface area contributed by atoms with Gasteiger partial charge < -0.3 is 14.0 Å². The van der Waals surface area contributed by atoms with Crippen molar-refractivity contribution in [3.05, 3.63) is 77.2 Å². The fourth-order valence-electron chi connectivity index (χ4n) is 2.38. The summed E-state index contributed by atoms with van der Waals surface area (Å²) in [6.45, 7) is 1.88. The average Bonchev–Trinajstić information content (AvgIpc) is 3.10. The van der Waals surface area contributed by atoms with E-state index >= 15 is 0 Å². The number of hydrogen-bond donors (Lipinski definition) is 0. The van der Waals surface area contributed by atoms with Gasteiger partial charge in [-0.25, -0.2) is 0 Å². The average molecular weight is 348 g/mol. The van der Waals surface area contributed by atoms with Gasteiger partial charge in [0.1, 0.15) is 11.5 Å². The normalized spacial score (nSPS) is 11.7. The molecule has 0 bridgehead atoms. The Bertz CT molecular complexity index is 907. The first-order valence-electron chi connectivity index (χ1n) is 8.15. The Morgan fingerprint density at radius 2 is 1.58 bits per heavy atom. The van der Waals surface area contributed by atoms with Gasteiger partial charge in [0.05, 0.1) is 25.6 Å². The maximum atomic E-state index is 5.30. The van der Waals surface area contributed by atoms with Crippen LogP contribution >= 0.6 is 0 Å². The molecule has 0 spiro atoms. The summed E-state index contributed by atoms with van der Waals surface area (Å²) in [5.41, 5.74) is 3.51. The van der Waals surface area contributed by atoms with Gasteiger partial charge in [-0.1, -0.05) is 5.16 Å². The first-order valence-corrected chi connectivity index (χ1v) is 8.15. The quantitative estimate of drug-likeness (QED) is 0.610. The van der Waals surface area contributed by atoms with E-state index < -0.39 is 0 Å². The van der Waals surface area contributed by atoms with Crippen LogP contribution in [0.25, 0.3) is 11.8 Å². The van der Waals surface area contributed by atoms with Crippen LogP contribution < -0.4 is 9.47 Å². The monoisotopic (exact) mass is 348 g/mol. The fraction of sp³-hybridized carbons (Fsp3) is 0.143. The Kier molecular flexibility index (Phi) is 5.49. The van der Waals surface area contributed by atoms with Crippen molar-refractivity contribution in [1.82, 2.24) is 5.16 Å². The number of ether oxygens (including phenoxy) is 2. The highest BCUT2D eigenvalue weighted by molar-refractivity contribution is 5.89. The molecule has 3 aromatic rings. The highest BCUT2D eigenvalue weighted by Gasteiger charge is 2.04. The molecule has 1 heterocycles. The predicted octanol–water partition coefficient (Wildman–Crippen LogP) is 4.62. The molecule has 0 aliphatic rings. The van der Waals surface area contributed by atoms with Gasteiger partial charge in [0, 0.05) is 23.9 Å². The predicted molar refractivity (Wildman–Crippen MR) is 103 cm³/mol. The maximum absolute atomic E-state index is 5.30. The standard InChI is InChI=1S/C21H20N2O3/c1-15-12-20(26-23-15)13-21(17-6-10-19(25-3)11-7-17)22-14-16-4-8-18(24-2)9-5-16/h4-14H,1-3H3/b21-13-,22-14?. The molecule has 26 heavy (non-hydrogen) atoms. The van der Waals surface area contributed by atoms with E-state index in [2.05, 4.69) is 10.1 Å². The van der Waals surface area contributed by atoms with Crippen molar-refractivity contribution in [1.29, 1.82) is 0 Å². The summed E-state index contributed by atoms with van der Waals surface area (Å²) < 4.78 is 15.7. The zero-order valence-electron chi connectivity index (χ0n) is 15.0. The van der Waals surface area contributed by atoms with Gasteiger partial charge >= 0.3 is 0 Å². The third kappa shape index (κ3) is 4.39. The van der Waals surface area contributed by atoms with Crippen molar-refractivity contribution >= 4 is 18.0 Å². The Balaban J connectivity index is 1.93. The van der Waals surface area contributed by atoms with Crippen LogP contribution in [0.15, 0.2) is 64.1 Å². The number of nitrogens with zero attached hydrogens (tertiary/aromatic N) is 2. The van der Waals surface area contributed by atoms with E-state index in [1.165, 1.54) is 0 Å². The highest BCUT2D eigenvalue weighted by Crippen LogP contribution is 2.23. The van der Waals surface area contributed by atoms with Crippen LogP contribution in [0.2, 0.25) is 0 Å². The van der Waals surface area contributed by atoms with E-state index in [0.29, 0.717) is 5.76 Å². The minimum Gasteiger partial charge on any atom is -0.497 e. The summed E-state index contributed by atoms with van der Waals surface area (Å²) in [4.78, 5) is 4.65. The maximum Gasteiger partial charge on any atom is 0.162 e. The molecule has 0 amide bonds. The molecule has 5 heteroatoms. The fourth-order valence-corrected chi connectivity index (χ4v) is 2.38. The van der Waals surface area contributed by atoms with Crippen molar-refractivity contribution in [3.63, 3.8) is 0 Å². The van der Waals surface area contributed by atoms with Gasteiger partial charge in [-0.15, -0.1) is 0 Å². The van der Waals surface area contributed by atoms with E-state index in [0.717, 1.165) is 34.0 Å². The molecule has 0 aliphatic carbocycles. The summed E-state index contributed by atoms with van der Waals surface area (Å²) in [6.07, 6.45) is 3.67. The second-order valence-corrected chi connectivity index (χ2v) is 5.66. The minimum absolute atomic E-state index is 0.653. The van der Waals surface area contributed by atoms with E-state index in [1.54, 1.807) is 20.4 Å².